The molecule has 0 bridgehead atoms. The summed E-state index contributed by atoms with van der Waals surface area (Å²) in [7, 11) is 0. The van der Waals surface area contributed by atoms with Crippen LogP contribution in [0.25, 0.3) is 11.0 Å². The lowest BCUT2D eigenvalue weighted by atomic mass is 10.1. The molecule has 5 heteroatoms. The first-order chi connectivity index (χ1) is 10.6. The van der Waals surface area contributed by atoms with Gasteiger partial charge in [-0.25, -0.2) is 4.98 Å². The Hall–Kier alpha value is -2.14. The fourth-order valence-corrected chi connectivity index (χ4v) is 3.60. The molecule has 22 heavy (non-hydrogen) atoms. The van der Waals surface area contributed by atoms with Crippen LogP contribution in [0.15, 0.2) is 47.2 Å². The second-order valence-corrected chi connectivity index (χ2v) is 6.60. The van der Waals surface area contributed by atoms with Crippen molar-refractivity contribution in [2.75, 3.05) is 5.73 Å². The number of aromatic nitrogens is 2. The van der Waals surface area contributed by atoms with Crippen LogP contribution in [0.2, 0.25) is 0 Å². The first-order valence-electron chi connectivity index (χ1n) is 7.16. The maximum atomic E-state index is 12.9. The van der Waals surface area contributed by atoms with Gasteiger partial charge < -0.3 is 5.73 Å². The Morgan fingerprint density at radius 2 is 2.05 bits per heavy atom. The second-order valence-electron chi connectivity index (χ2n) is 5.69. The fraction of sp³-hybridized carbons (Fsp3) is 0.176. The second kappa shape index (κ2) is 4.95. The maximum Gasteiger partial charge on any atom is 0.236 e. The Balaban J connectivity index is 1.69. The molecular formula is C17H14BrN3O. The van der Waals surface area contributed by atoms with Gasteiger partial charge in [-0.15, -0.1) is 0 Å². The number of nitrogens with zero attached hydrogens (tertiary/aromatic N) is 2. The summed E-state index contributed by atoms with van der Waals surface area (Å²) in [6.45, 7) is 0. The van der Waals surface area contributed by atoms with Crippen LogP contribution in [0.1, 0.15) is 15.9 Å². The summed E-state index contributed by atoms with van der Waals surface area (Å²) in [6, 6.07) is 11.8. The van der Waals surface area contributed by atoms with Gasteiger partial charge in [0.25, 0.3) is 0 Å². The number of hydrogen-bond acceptors (Lipinski definition) is 3. The number of carbonyl (C=O) groups excluding carboxylic acids is 1. The number of rotatable bonds is 1. The van der Waals surface area contributed by atoms with Crippen molar-refractivity contribution in [3.8, 4) is 0 Å². The predicted octanol–water partition coefficient (Wildman–Crippen LogP) is 3.44. The minimum Gasteiger partial charge on any atom is -0.397 e. The zero-order valence-corrected chi connectivity index (χ0v) is 13.4. The molecule has 0 spiro atoms. The highest BCUT2D eigenvalue weighted by molar-refractivity contribution is 9.10. The van der Waals surface area contributed by atoms with Gasteiger partial charge in [0, 0.05) is 10.4 Å². The normalized spacial score (nSPS) is 16.9. The molecular weight excluding hydrogens is 342 g/mol. The van der Waals surface area contributed by atoms with Gasteiger partial charge in [-0.3, -0.25) is 9.36 Å². The average Bonchev–Trinajstić information content (AvgIpc) is 3.10. The van der Waals surface area contributed by atoms with Crippen molar-refractivity contribution in [1.82, 2.24) is 9.55 Å². The van der Waals surface area contributed by atoms with Crippen LogP contribution in [0.3, 0.4) is 0 Å². The molecule has 1 aliphatic rings. The number of anilines is 1. The van der Waals surface area contributed by atoms with Gasteiger partial charge in [-0.2, -0.15) is 0 Å². The lowest BCUT2D eigenvalue weighted by Crippen LogP contribution is -2.21. The molecule has 1 unspecified atom stereocenters. The van der Waals surface area contributed by atoms with Crippen molar-refractivity contribution in [2.45, 2.75) is 12.8 Å². The largest absolute Gasteiger partial charge is 0.397 e. The zero-order valence-electron chi connectivity index (χ0n) is 11.8. The first kappa shape index (κ1) is 13.5. The number of fused-ring (bicyclic) bond motifs is 2. The number of carbonyl (C=O) groups is 1. The van der Waals surface area contributed by atoms with Crippen molar-refractivity contribution >= 4 is 38.6 Å². The first-order valence-corrected chi connectivity index (χ1v) is 7.96. The van der Waals surface area contributed by atoms with E-state index in [0.717, 1.165) is 22.8 Å². The van der Waals surface area contributed by atoms with E-state index in [1.54, 1.807) is 17.0 Å². The maximum absolute atomic E-state index is 12.9. The van der Waals surface area contributed by atoms with Crippen molar-refractivity contribution in [3.05, 3.63) is 58.3 Å². The summed E-state index contributed by atoms with van der Waals surface area (Å²) in [5, 5.41) is 0. The minimum absolute atomic E-state index is 0.0388. The third-order valence-corrected chi connectivity index (χ3v) is 4.79. The number of imidazole rings is 1. The van der Waals surface area contributed by atoms with E-state index in [2.05, 4.69) is 33.0 Å². The monoisotopic (exact) mass is 355 g/mol. The Kier molecular flexibility index (Phi) is 3.04. The van der Waals surface area contributed by atoms with Crippen molar-refractivity contribution < 1.29 is 4.79 Å². The molecule has 0 saturated carbocycles. The van der Waals surface area contributed by atoms with E-state index in [4.69, 9.17) is 5.73 Å². The molecule has 1 heterocycles. The molecule has 0 aliphatic heterocycles. The molecule has 1 atom stereocenters. The number of nitrogens with two attached hydrogens (primary N) is 1. The zero-order chi connectivity index (χ0) is 15.3. The van der Waals surface area contributed by atoms with Crippen LogP contribution in [-0.2, 0) is 12.8 Å². The van der Waals surface area contributed by atoms with Gasteiger partial charge in [0.05, 0.1) is 11.2 Å². The number of benzene rings is 2. The molecule has 3 aromatic rings. The Morgan fingerprint density at radius 1 is 1.23 bits per heavy atom. The SMILES string of the molecule is Nc1cccc2c1ncn2C(=O)C1Cc2ccc(Br)cc2C1. The van der Waals surface area contributed by atoms with Gasteiger partial charge >= 0.3 is 0 Å². The molecule has 4 rings (SSSR count). The van der Waals surface area contributed by atoms with E-state index >= 15 is 0 Å². The fourth-order valence-electron chi connectivity index (χ4n) is 3.20. The van der Waals surface area contributed by atoms with Crippen molar-refractivity contribution in [1.29, 1.82) is 0 Å². The third-order valence-electron chi connectivity index (χ3n) is 4.30. The molecule has 1 aromatic heterocycles. The molecule has 0 fully saturated rings. The predicted molar refractivity (Wildman–Crippen MR) is 89.8 cm³/mol. The van der Waals surface area contributed by atoms with Crippen LogP contribution >= 0.6 is 15.9 Å². The smallest absolute Gasteiger partial charge is 0.236 e. The molecule has 2 aromatic carbocycles. The third kappa shape index (κ3) is 2.04. The van der Waals surface area contributed by atoms with E-state index in [9.17, 15) is 4.79 Å². The summed E-state index contributed by atoms with van der Waals surface area (Å²) in [5.74, 6) is 0.0450. The Morgan fingerprint density at radius 3 is 2.91 bits per heavy atom. The van der Waals surface area contributed by atoms with Crippen LogP contribution in [0.4, 0.5) is 5.69 Å². The quantitative estimate of drug-likeness (QED) is 0.680. The van der Waals surface area contributed by atoms with Crippen LogP contribution in [0.5, 0.6) is 0 Å². The highest BCUT2D eigenvalue weighted by atomic mass is 79.9. The number of halogens is 1. The lowest BCUT2D eigenvalue weighted by molar-refractivity contribution is 0.0844. The molecule has 2 N–H and O–H groups in total. The molecule has 0 saturated heterocycles. The standard InChI is InChI=1S/C17H14BrN3O/c18-13-5-4-10-6-12(7-11(10)8-13)17(22)21-9-20-16-14(19)2-1-3-15(16)21/h1-5,8-9,12H,6-7,19H2. The summed E-state index contributed by atoms with van der Waals surface area (Å²) in [6.07, 6.45) is 3.14. The van der Waals surface area contributed by atoms with Crippen molar-refractivity contribution in [2.24, 2.45) is 5.92 Å². The summed E-state index contributed by atoms with van der Waals surface area (Å²) >= 11 is 3.49. The highest BCUT2D eigenvalue weighted by Crippen LogP contribution is 2.31. The number of nitrogen functional groups attached to an aromatic ring is 1. The van der Waals surface area contributed by atoms with E-state index in [1.807, 2.05) is 18.2 Å². The number of hydrogen-bond donors (Lipinski definition) is 1. The summed E-state index contributed by atoms with van der Waals surface area (Å²) in [5.41, 5.74) is 10.5. The van der Waals surface area contributed by atoms with Crippen LogP contribution < -0.4 is 5.73 Å². The molecule has 4 nitrogen and oxygen atoms in total. The topological polar surface area (TPSA) is 60.9 Å². The summed E-state index contributed by atoms with van der Waals surface area (Å²) in [4.78, 5) is 17.1. The van der Waals surface area contributed by atoms with Crippen molar-refractivity contribution in [3.63, 3.8) is 0 Å². The lowest BCUT2D eigenvalue weighted by Gasteiger charge is -2.09. The minimum atomic E-state index is -0.0388. The highest BCUT2D eigenvalue weighted by Gasteiger charge is 2.29. The molecule has 0 radical (unpaired) electrons. The Labute approximate surface area is 136 Å². The van der Waals surface area contributed by atoms with Gasteiger partial charge in [0.2, 0.25) is 5.91 Å². The van der Waals surface area contributed by atoms with Crippen LogP contribution in [0, 0.1) is 5.92 Å². The van der Waals surface area contributed by atoms with E-state index in [-0.39, 0.29) is 11.8 Å². The summed E-state index contributed by atoms with van der Waals surface area (Å²) < 4.78 is 2.69. The van der Waals surface area contributed by atoms with E-state index in [0.29, 0.717) is 11.2 Å². The van der Waals surface area contributed by atoms with E-state index < -0.39 is 0 Å². The molecule has 110 valence electrons. The van der Waals surface area contributed by atoms with E-state index in [1.165, 1.54) is 11.1 Å². The van der Waals surface area contributed by atoms with Gasteiger partial charge in [-0.05, 0) is 48.2 Å². The van der Waals surface area contributed by atoms with Gasteiger partial charge in [0.1, 0.15) is 11.8 Å². The van der Waals surface area contributed by atoms with Gasteiger partial charge in [0.15, 0.2) is 0 Å². The Bertz CT molecular complexity index is 900. The molecule has 1 aliphatic carbocycles. The van der Waals surface area contributed by atoms with Crippen LogP contribution in [-0.4, -0.2) is 15.5 Å². The van der Waals surface area contributed by atoms with Gasteiger partial charge in [-0.1, -0.05) is 28.1 Å². The average molecular weight is 356 g/mol. The number of para-hydroxylation sites is 1. The molecule has 0 amide bonds.